The van der Waals surface area contributed by atoms with Crippen LogP contribution in [0.15, 0.2) is 48.5 Å². The molecule has 0 aliphatic heterocycles. The molecule has 0 heterocycles. The Labute approximate surface area is 202 Å². The lowest BCUT2D eigenvalue weighted by Gasteiger charge is -2.28. The van der Waals surface area contributed by atoms with Crippen molar-refractivity contribution in [1.82, 2.24) is 10.6 Å². The van der Waals surface area contributed by atoms with Gasteiger partial charge in [-0.25, -0.2) is 9.59 Å². The van der Waals surface area contributed by atoms with Crippen LogP contribution in [0.3, 0.4) is 0 Å². The number of carbonyl (C=O) groups is 3. The third-order valence-corrected chi connectivity index (χ3v) is 4.71. The zero-order valence-corrected chi connectivity index (χ0v) is 21.3. The highest BCUT2D eigenvalue weighted by Crippen LogP contribution is 2.25. The zero-order chi connectivity index (χ0) is 25.7. The minimum absolute atomic E-state index is 0.426. The quantitative estimate of drug-likeness (QED) is 0.567. The average molecular weight is 469 g/mol. The van der Waals surface area contributed by atoms with Gasteiger partial charge in [0.05, 0.1) is 0 Å². The van der Waals surface area contributed by atoms with Crippen LogP contribution in [0.2, 0.25) is 0 Å². The van der Waals surface area contributed by atoms with Gasteiger partial charge in [-0.05, 0) is 66.5 Å². The Balaban J connectivity index is 2.46. The number of ketones is 1. The van der Waals surface area contributed by atoms with E-state index in [4.69, 9.17) is 9.47 Å². The highest BCUT2D eigenvalue weighted by molar-refractivity contribution is 5.95. The minimum Gasteiger partial charge on any atom is -0.444 e. The Hall–Kier alpha value is -3.35. The fraction of sp³-hybridized carbons (Fsp3) is 0.444. The van der Waals surface area contributed by atoms with Crippen LogP contribution in [0.25, 0.3) is 0 Å². The van der Waals surface area contributed by atoms with Crippen molar-refractivity contribution in [3.05, 3.63) is 70.8 Å². The first-order chi connectivity index (χ1) is 15.6. The molecule has 0 aromatic heterocycles. The fourth-order valence-electron chi connectivity index (χ4n) is 3.17. The Morgan fingerprint density at radius 3 is 1.18 bits per heavy atom. The molecule has 0 aliphatic carbocycles. The van der Waals surface area contributed by atoms with Gasteiger partial charge in [-0.15, -0.1) is 0 Å². The SMILES string of the molecule is Cc1ccc([C@@H](NC(=O)OC(C)(C)C)C(=O)[C@H](NC(=O)OC(C)(C)C)c2ccc(C)cc2)cc1. The number of hydrogen-bond acceptors (Lipinski definition) is 5. The maximum atomic E-state index is 13.9. The highest BCUT2D eigenvalue weighted by atomic mass is 16.6. The maximum Gasteiger partial charge on any atom is 0.408 e. The molecule has 2 aromatic carbocycles. The van der Waals surface area contributed by atoms with Crippen LogP contribution < -0.4 is 10.6 Å². The molecule has 0 fully saturated rings. The normalized spacial score (nSPS) is 13.4. The van der Waals surface area contributed by atoms with E-state index < -0.39 is 41.3 Å². The first-order valence-electron chi connectivity index (χ1n) is 11.3. The Kier molecular flexibility index (Phi) is 8.48. The van der Waals surface area contributed by atoms with Crippen molar-refractivity contribution in [3.8, 4) is 0 Å². The summed E-state index contributed by atoms with van der Waals surface area (Å²) in [6, 6.07) is 12.4. The molecule has 2 aromatic rings. The fourth-order valence-corrected chi connectivity index (χ4v) is 3.17. The maximum absolute atomic E-state index is 13.9. The molecule has 34 heavy (non-hydrogen) atoms. The summed E-state index contributed by atoms with van der Waals surface area (Å²) < 4.78 is 10.8. The molecule has 0 saturated carbocycles. The molecule has 0 spiro atoms. The molecule has 2 rings (SSSR count). The first kappa shape index (κ1) is 26.9. The summed E-state index contributed by atoms with van der Waals surface area (Å²) in [4.78, 5) is 39.1. The molecule has 2 amide bonds. The molecule has 0 aliphatic rings. The molecule has 7 nitrogen and oxygen atoms in total. The molecule has 184 valence electrons. The van der Waals surface area contributed by atoms with Crippen LogP contribution >= 0.6 is 0 Å². The predicted octanol–water partition coefficient (Wildman–Crippen LogP) is 5.70. The summed E-state index contributed by atoms with van der Waals surface area (Å²) in [5, 5.41) is 5.38. The van der Waals surface area contributed by atoms with Gasteiger partial charge in [-0.1, -0.05) is 59.7 Å². The van der Waals surface area contributed by atoms with Gasteiger partial charge in [-0.2, -0.15) is 0 Å². The van der Waals surface area contributed by atoms with E-state index in [0.717, 1.165) is 11.1 Å². The Bertz CT molecular complexity index is 918. The molecule has 2 atom stereocenters. The zero-order valence-electron chi connectivity index (χ0n) is 21.3. The highest BCUT2D eigenvalue weighted by Gasteiger charge is 2.34. The van der Waals surface area contributed by atoms with Crippen LogP contribution in [0.5, 0.6) is 0 Å². The smallest absolute Gasteiger partial charge is 0.408 e. The number of Topliss-reactive ketones (excluding diaryl/α,β-unsaturated/α-hetero) is 1. The second-order valence-electron chi connectivity index (χ2n) is 10.4. The van der Waals surface area contributed by atoms with E-state index in [0.29, 0.717) is 11.1 Å². The molecule has 2 N–H and O–H groups in total. The van der Waals surface area contributed by atoms with E-state index in [1.54, 1.807) is 65.8 Å². The number of benzene rings is 2. The topological polar surface area (TPSA) is 93.7 Å². The molecule has 0 saturated heterocycles. The molecule has 0 radical (unpaired) electrons. The molecule has 7 heteroatoms. The van der Waals surface area contributed by atoms with E-state index in [2.05, 4.69) is 10.6 Å². The van der Waals surface area contributed by atoms with Gasteiger partial charge in [0, 0.05) is 0 Å². The van der Waals surface area contributed by atoms with E-state index >= 15 is 0 Å². The van der Waals surface area contributed by atoms with Crippen LogP contribution in [0, 0.1) is 13.8 Å². The number of hydrogen-bond donors (Lipinski definition) is 2. The molecular weight excluding hydrogens is 432 g/mol. The summed E-state index contributed by atoms with van der Waals surface area (Å²) in [5.41, 5.74) is 1.68. The standard InChI is InChI=1S/C27H36N2O5/c1-17-9-13-19(14-10-17)21(28-24(31)33-26(3,4)5)23(30)22(20-15-11-18(2)12-16-20)29-25(32)34-27(6,7)8/h9-16,21-22H,1-8H3,(H,28,31)(H,29,32)/t21-,22-/m1/s1. The number of nitrogens with one attached hydrogen (secondary N) is 2. The van der Waals surface area contributed by atoms with Gasteiger partial charge < -0.3 is 20.1 Å². The van der Waals surface area contributed by atoms with Crippen LogP contribution in [-0.4, -0.2) is 29.2 Å². The van der Waals surface area contributed by atoms with Crippen molar-refractivity contribution in [1.29, 1.82) is 0 Å². The summed E-state index contributed by atoms with van der Waals surface area (Å²) >= 11 is 0. The molecule has 0 bridgehead atoms. The molecule has 0 unspecified atom stereocenters. The Morgan fingerprint density at radius 2 is 0.912 bits per heavy atom. The van der Waals surface area contributed by atoms with Crippen LogP contribution in [0.1, 0.15) is 75.9 Å². The number of alkyl carbamates (subject to hydrolysis) is 2. The third-order valence-electron chi connectivity index (χ3n) is 4.71. The average Bonchev–Trinajstić information content (AvgIpc) is 2.69. The van der Waals surface area contributed by atoms with E-state index in [1.807, 2.05) is 38.1 Å². The summed E-state index contributed by atoms with van der Waals surface area (Å²) in [6.07, 6.45) is -1.46. The summed E-state index contributed by atoms with van der Waals surface area (Å²) in [6.45, 7) is 14.3. The lowest BCUT2D eigenvalue weighted by atomic mass is 9.92. The van der Waals surface area contributed by atoms with Crippen molar-refractivity contribution in [3.63, 3.8) is 0 Å². The number of aryl methyl sites for hydroxylation is 2. The van der Waals surface area contributed by atoms with Crippen LogP contribution in [-0.2, 0) is 14.3 Å². The minimum atomic E-state index is -1.06. The summed E-state index contributed by atoms with van der Waals surface area (Å²) in [7, 11) is 0. The van der Waals surface area contributed by atoms with E-state index in [-0.39, 0.29) is 0 Å². The number of rotatable bonds is 6. The number of carbonyl (C=O) groups excluding carboxylic acids is 3. The van der Waals surface area contributed by atoms with Crippen molar-refractivity contribution in [2.75, 3.05) is 0 Å². The van der Waals surface area contributed by atoms with Gasteiger partial charge in [0.1, 0.15) is 23.3 Å². The van der Waals surface area contributed by atoms with Crippen molar-refractivity contribution in [2.24, 2.45) is 0 Å². The van der Waals surface area contributed by atoms with Gasteiger partial charge in [0.2, 0.25) is 0 Å². The third kappa shape index (κ3) is 8.54. The van der Waals surface area contributed by atoms with Crippen LogP contribution in [0.4, 0.5) is 9.59 Å². The lowest BCUT2D eigenvalue weighted by Crippen LogP contribution is -2.44. The van der Waals surface area contributed by atoms with Gasteiger partial charge >= 0.3 is 12.2 Å². The Morgan fingerprint density at radius 1 is 0.618 bits per heavy atom. The van der Waals surface area contributed by atoms with E-state index in [1.165, 1.54) is 0 Å². The number of ether oxygens (including phenoxy) is 2. The number of amides is 2. The lowest BCUT2D eigenvalue weighted by molar-refractivity contribution is -0.123. The van der Waals surface area contributed by atoms with Crippen molar-refractivity contribution >= 4 is 18.0 Å². The summed E-state index contributed by atoms with van der Waals surface area (Å²) in [5.74, 6) is -0.426. The predicted molar refractivity (Wildman–Crippen MR) is 132 cm³/mol. The van der Waals surface area contributed by atoms with Gasteiger partial charge in [0.25, 0.3) is 0 Å². The first-order valence-corrected chi connectivity index (χ1v) is 11.3. The van der Waals surface area contributed by atoms with E-state index in [9.17, 15) is 14.4 Å². The second-order valence-corrected chi connectivity index (χ2v) is 10.4. The second kappa shape index (κ2) is 10.7. The monoisotopic (exact) mass is 468 g/mol. The van der Waals surface area contributed by atoms with Gasteiger partial charge in [0.15, 0.2) is 5.78 Å². The molecular formula is C27H36N2O5. The largest absolute Gasteiger partial charge is 0.444 e. The van der Waals surface area contributed by atoms with Gasteiger partial charge in [-0.3, -0.25) is 4.79 Å². The van der Waals surface area contributed by atoms with Crippen molar-refractivity contribution < 1.29 is 23.9 Å². The van der Waals surface area contributed by atoms with Crippen molar-refractivity contribution in [2.45, 2.75) is 78.7 Å².